The van der Waals surface area contributed by atoms with E-state index in [1.54, 1.807) is 18.2 Å². The van der Waals surface area contributed by atoms with Crippen molar-refractivity contribution >= 4 is 57.8 Å². The number of rotatable bonds is 5. The Kier molecular flexibility index (Phi) is 6.31. The number of alkyl halides is 1. The van der Waals surface area contributed by atoms with Crippen LogP contribution in [0.4, 0.5) is 0 Å². The molecule has 0 saturated carbocycles. The molecule has 0 spiro atoms. The second-order valence-corrected chi connectivity index (χ2v) is 8.40. The molecule has 0 amide bonds. The van der Waals surface area contributed by atoms with Crippen molar-refractivity contribution in [3.63, 3.8) is 0 Å². The minimum absolute atomic E-state index is 0.0848. The zero-order valence-corrected chi connectivity index (χ0v) is 15.6. The maximum atomic E-state index is 12.6. The highest BCUT2D eigenvalue weighted by Crippen LogP contribution is 2.29. The molecule has 3 nitrogen and oxygen atoms in total. The molecule has 0 atom stereocenters. The van der Waals surface area contributed by atoms with Gasteiger partial charge in [-0.1, -0.05) is 31.9 Å². The molecular weight excluding hydrogens is 450 g/mol. The molecule has 1 rings (SSSR count). The van der Waals surface area contributed by atoms with E-state index in [4.69, 9.17) is 0 Å². The minimum atomic E-state index is -3.49. The summed E-state index contributed by atoms with van der Waals surface area (Å²) in [5, 5.41) is 0.607. The first-order chi connectivity index (χ1) is 8.30. The smallest absolute Gasteiger partial charge is 0.207 e. The SMILES string of the molecule is CC(C)N(CCBr)S(=O)(=O)c1cc(Br)ccc1Br. The van der Waals surface area contributed by atoms with Crippen LogP contribution in [0.15, 0.2) is 32.0 Å². The normalized spacial score (nSPS) is 12.4. The largest absolute Gasteiger partial charge is 0.244 e. The first-order valence-electron chi connectivity index (χ1n) is 5.33. The summed E-state index contributed by atoms with van der Waals surface area (Å²) in [6.45, 7) is 4.18. The summed E-state index contributed by atoms with van der Waals surface area (Å²) in [6.07, 6.45) is 0. The first-order valence-corrected chi connectivity index (χ1v) is 9.48. The van der Waals surface area contributed by atoms with E-state index in [2.05, 4.69) is 47.8 Å². The molecule has 1 aromatic rings. The van der Waals surface area contributed by atoms with E-state index >= 15 is 0 Å². The van der Waals surface area contributed by atoms with Crippen molar-refractivity contribution in [3.05, 3.63) is 27.1 Å². The Bertz CT molecular complexity index is 517. The zero-order chi connectivity index (χ0) is 13.9. The molecule has 0 radical (unpaired) electrons. The molecule has 102 valence electrons. The van der Waals surface area contributed by atoms with Crippen LogP contribution in [0, 0.1) is 0 Å². The van der Waals surface area contributed by atoms with Crippen molar-refractivity contribution in [1.82, 2.24) is 4.31 Å². The summed E-state index contributed by atoms with van der Waals surface area (Å²) >= 11 is 9.89. The van der Waals surface area contributed by atoms with Gasteiger partial charge in [0.2, 0.25) is 10.0 Å². The predicted octanol–water partition coefficient (Wildman–Crippen LogP) is 4.01. The fraction of sp³-hybridized carbons (Fsp3) is 0.455. The third-order valence-electron chi connectivity index (χ3n) is 2.36. The minimum Gasteiger partial charge on any atom is -0.207 e. The number of benzene rings is 1. The van der Waals surface area contributed by atoms with Crippen LogP contribution in [-0.2, 0) is 10.0 Å². The number of hydrogen-bond donors (Lipinski definition) is 0. The highest BCUT2D eigenvalue weighted by atomic mass is 79.9. The van der Waals surface area contributed by atoms with Gasteiger partial charge in [-0.2, -0.15) is 4.31 Å². The lowest BCUT2D eigenvalue weighted by Gasteiger charge is -2.25. The van der Waals surface area contributed by atoms with E-state index < -0.39 is 10.0 Å². The molecule has 0 unspecified atom stereocenters. The average molecular weight is 464 g/mol. The zero-order valence-electron chi connectivity index (χ0n) is 10.0. The Balaban J connectivity index is 3.30. The highest BCUT2D eigenvalue weighted by Gasteiger charge is 2.28. The van der Waals surface area contributed by atoms with Crippen LogP contribution in [0.25, 0.3) is 0 Å². The van der Waals surface area contributed by atoms with Crippen molar-refractivity contribution in [2.75, 3.05) is 11.9 Å². The van der Waals surface area contributed by atoms with Crippen LogP contribution in [0.3, 0.4) is 0 Å². The molecule has 0 saturated heterocycles. The van der Waals surface area contributed by atoms with Crippen molar-refractivity contribution in [2.45, 2.75) is 24.8 Å². The molecule has 0 heterocycles. The van der Waals surface area contributed by atoms with E-state index in [1.807, 2.05) is 13.8 Å². The van der Waals surface area contributed by atoms with Gasteiger partial charge >= 0.3 is 0 Å². The van der Waals surface area contributed by atoms with E-state index in [0.717, 1.165) is 4.47 Å². The third-order valence-corrected chi connectivity index (χ3v) is 6.28. The van der Waals surface area contributed by atoms with E-state index in [-0.39, 0.29) is 10.9 Å². The molecule has 0 aliphatic rings. The van der Waals surface area contributed by atoms with Gasteiger partial charge in [0.15, 0.2) is 0 Å². The summed E-state index contributed by atoms with van der Waals surface area (Å²) in [4.78, 5) is 0.284. The van der Waals surface area contributed by atoms with Gasteiger partial charge in [0.05, 0.1) is 4.90 Å². The molecule has 0 N–H and O–H groups in total. The second-order valence-electron chi connectivity index (χ2n) is 3.97. The molecule has 0 aliphatic carbocycles. The van der Waals surface area contributed by atoms with E-state index in [0.29, 0.717) is 16.3 Å². The maximum absolute atomic E-state index is 12.6. The molecule has 0 aromatic heterocycles. The Morgan fingerprint density at radius 3 is 2.39 bits per heavy atom. The van der Waals surface area contributed by atoms with Crippen LogP contribution in [0.2, 0.25) is 0 Å². The first kappa shape index (κ1) is 16.6. The lowest BCUT2D eigenvalue weighted by atomic mass is 10.4. The monoisotopic (exact) mass is 461 g/mol. The summed E-state index contributed by atoms with van der Waals surface area (Å²) in [6, 6.07) is 5.05. The molecule has 1 aromatic carbocycles. The highest BCUT2D eigenvalue weighted by molar-refractivity contribution is 9.11. The van der Waals surface area contributed by atoms with E-state index in [9.17, 15) is 8.42 Å². The van der Waals surface area contributed by atoms with Crippen molar-refractivity contribution in [3.8, 4) is 0 Å². The number of sulfonamides is 1. The number of nitrogens with zero attached hydrogens (tertiary/aromatic N) is 1. The van der Waals surface area contributed by atoms with Crippen LogP contribution >= 0.6 is 47.8 Å². The quantitative estimate of drug-likeness (QED) is 0.619. The molecule has 7 heteroatoms. The topological polar surface area (TPSA) is 37.4 Å². The number of halogens is 3. The van der Waals surface area contributed by atoms with E-state index in [1.165, 1.54) is 4.31 Å². The lowest BCUT2D eigenvalue weighted by Crippen LogP contribution is -2.38. The Hall–Kier alpha value is 0.570. The van der Waals surface area contributed by atoms with Gasteiger partial charge in [0.25, 0.3) is 0 Å². The van der Waals surface area contributed by atoms with Crippen molar-refractivity contribution in [1.29, 1.82) is 0 Å². The van der Waals surface area contributed by atoms with Gasteiger partial charge in [-0.05, 0) is 48.0 Å². The van der Waals surface area contributed by atoms with Crippen LogP contribution in [0.5, 0.6) is 0 Å². The third kappa shape index (κ3) is 3.79. The van der Waals surface area contributed by atoms with Crippen LogP contribution in [0.1, 0.15) is 13.8 Å². The van der Waals surface area contributed by atoms with Gasteiger partial charge in [0.1, 0.15) is 0 Å². The van der Waals surface area contributed by atoms with Gasteiger partial charge in [0, 0.05) is 26.9 Å². The van der Waals surface area contributed by atoms with Crippen LogP contribution < -0.4 is 0 Å². The van der Waals surface area contributed by atoms with Gasteiger partial charge in [-0.25, -0.2) is 8.42 Å². The fourth-order valence-corrected chi connectivity index (χ4v) is 5.26. The lowest BCUT2D eigenvalue weighted by molar-refractivity contribution is 0.372. The summed E-state index contributed by atoms with van der Waals surface area (Å²) in [5.41, 5.74) is 0. The molecule has 0 aliphatic heterocycles. The number of hydrogen-bond acceptors (Lipinski definition) is 2. The Morgan fingerprint density at radius 2 is 1.89 bits per heavy atom. The van der Waals surface area contributed by atoms with Crippen molar-refractivity contribution < 1.29 is 8.42 Å². The standard InChI is InChI=1S/C11H14Br3NO2S/c1-8(2)15(6-5-12)18(16,17)11-7-9(13)3-4-10(11)14/h3-4,7-8H,5-6H2,1-2H3. The van der Waals surface area contributed by atoms with Crippen LogP contribution in [-0.4, -0.2) is 30.6 Å². The molecule has 0 fully saturated rings. The van der Waals surface area contributed by atoms with Crippen molar-refractivity contribution in [2.24, 2.45) is 0 Å². The summed E-state index contributed by atoms with van der Waals surface area (Å²) in [7, 11) is -3.49. The Labute approximate surface area is 133 Å². The fourth-order valence-electron chi connectivity index (χ4n) is 1.54. The maximum Gasteiger partial charge on any atom is 0.244 e. The molecular formula is C11H14Br3NO2S. The predicted molar refractivity (Wildman–Crippen MR) is 84.7 cm³/mol. The molecule has 18 heavy (non-hydrogen) atoms. The van der Waals surface area contributed by atoms with Gasteiger partial charge in [-0.3, -0.25) is 0 Å². The second kappa shape index (κ2) is 6.83. The Morgan fingerprint density at radius 1 is 1.28 bits per heavy atom. The van der Waals surface area contributed by atoms with Gasteiger partial charge < -0.3 is 0 Å². The molecule has 0 bridgehead atoms. The average Bonchev–Trinajstić information content (AvgIpc) is 2.28. The summed E-state index contributed by atoms with van der Waals surface area (Å²) < 4.78 is 28.0. The van der Waals surface area contributed by atoms with Gasteiger partial charge in [-0.15, -0.1) is 0 Å². The summed E-state index contributed by atoms with van der Waals surface area (Å²) in [5.74, 6) is 0.